The summed E-state index contributed by atoms with van der Waals surface area (Å²) in [5, 5.41) is 21.2. The van der Waals surface area contributed by atoms with Crippen LogP contribution in [0.3, 0.4) is 0 Å². The third-order valence-corrected chi connectivity index (χ3v) is 4.44. The van der Waals surface area contributed by atoms with Crippen LogP contribution in [-0.2, 0) is 4.79 Å². The molecule has 0 spiro atoms. The number of thioether (sulfide) groups is 1. The number of aliphatic hydroxyl groups excluding tert-OH is 1. The monoisotopic (exact) mass is 282 g/mol. The topological polar surface area (TPSA) is 80.0 Å². The predicted octanol–water partition coefficient (Wildman–Crippen LogP) is 0.592. The highest BCUT2D eigenvalue weighted by atomic mass is 32.2. The first-order chi connectivity index (χ1) is 9.24. The number of carbonyl (C=O) groups is 1. The highest BCUT2D eigenvalue weighted by Crippen LogP contribution is 2.37. The van der Waals surface area contributed by atoms with Crippen molar-refractivity contribution in [2.75, 3.05) is 12.3 Å². The van der Waals surface area contributed by atoms with Crippen molar-refractivity contribution in [2.45, 2.75) is 43.0 Å². The molecule has 104 valence electrons. The molecular formula is C12H18N4O2S. The van der Waals surface area contributed by atoms with E-state index in [0.717, 1.165) is 18.0 Å². The predicted molar refractivity (Wildman–Crippen MR) is 70.8 cm³/mol. The van der Waals surface area contributed by atoms with Crippen molar-refractivity contribution in [3.8, 4) is 0 Å². The van der Waals surface area contributed by atoms with E-state index < -0.39 is 0 Å². The zero-order valence-electron chi connectivity index (χ0n) is 10.7. The molecule has 2 saturated carbocycles. The standard InChI is InChI=1S/C12H18N4O2S/c17-10(8-1-2-8)5-13-11(18)6-19-12-15-14-7-16(12)9-3-4-9/h7-10,17H,1-6H2,(H,13,18). The molecule has 2 N–H and O–H groups in total. The van der Waals surface area contributed by atoms with Crippen LogP contribution in [0.15, 0.2) is 11.5 Å². The molecule has 2 fully saturated rings. The van der Waals surface area contributed by atoms with E-state index in [1.165, 1.54) is 24.6 Å². The van der Waals surface area contributed by atoms with Gasteiger partial charge in [0.25, 0.3) is 0 Å². The number of rotatable bonds is 7. The van der Waals surface area contributed by atoms with E-state index >= 15 is 0 Å². The maximum Gasteiger partial charge on any atom is 0.230 e. The van der Waals surface area contributed by atoms with Gasteiger partial charge < -0.3 is 15.0 Å². The lowest BCUT2D eigenvalue weighted by molar-refractivity contribution is -0.119. The van der Waals surface area contributed by atoms with Gasteiger partial charge in [0.2, 0.25) is 5.91 Å². The van der Waals surface area contributed by atoms with Gasteiger partial charge in [-0.1, -0.05) is 11.8 Å². The minimum absolute atomic E-state index is 0.0601. The maximum atomic E-state index is 11.7. The molecule has 1 atom stereocenters. The number of aliphatic hydroxyl groups is 1. The lowest BCUT2D eigenvalue weighted by Crippen LogP contribution is -2.34. The molecule has 0 radical (unpaired) electrons. The first-order valence-electron chi connectivity index (χ1n) is 6.71. The highest BCUT2D eigenvalue weighted by molar-refractivity contribution is 7.99. The molecule has 1 aromatic heterocycles. The molecule has 6 nitrogen and oxygen atoms in total. The summed E-state index contributed by atoms with van der Waals surface area (Å²) < 4.78 is 2.04. The van der Waals surface area contributed by atoms with E-state index in [2.05, 4.69) is 15.5 Å². The average molecular weight is 282 g/mol. The summed E-state index contributed by atoms with van der Waals surface area (Å²) in [4.78, 5) is 11.7. The Hall–Kier alpha value is -1.08. The Morgan fingerprint density at radius 2 is 2.32 bits per heavy atom. The zero-order valence-corrected chi connectivity index (χ0v) is 11.5. The minimum Gasteiger partial charge on any atom is -0.391 e. The molecule has 2 aliphatic rings. The summed E-state index contributed by atoms with van der Waals surface area (Å²) in [5.74, 6) is 0.656. The Bertz CT molecular complexity index is 456. The third kappa shape index (κ3) is 3.48. The molecule has 1 amide bonds. The molecule has 19 heavy (non-hydrogen) atoms. The molecule has 3 rings (SSSR count). The van der Waals surface area contributed by atoms with Crippen LogP contribution in [0.4, 0.5) is 0 Å². The van der Waals surface area contributed by atoms with Crippen LogP contribution < -0.4 is 5.32 Å². The van der Waals surface area contributed by atoms with E-state index in [9.17, 15) is 9.90 Å². The molecule has 0 saturated heterocycles. The molecule has 1 unspecified atom stereocenters. The molecule has 1 heterocycles. The van der Waals surface area contributed by atoms with E-state index in [4.69, 9.17) is 0 Å². The summed E-state index contributed by atoms with van der Waals surface area (Å²) in [6.45, 7) is 0.360. The van der Waals surface area contributed by atoms with Crippen molar-refractivity contribution in [1.29, 1.82) is 0 Å². The second kappa shape index (κ2) is 5.50. The number of aromatic nitrogens is 3. The first kappa shape index (κ1) is 12.9. The summed E-state index contributed by atoms with van der Waals surface area (Å²) in [6, 6.07) is 0.525. The second-order valence-corrected chi connectivity index (χ2v) is 6.19. The second-order valence-electron chi connectivity index (χ2n) is 5.25. The average Bonchev–Trinajstić information content (AvgIpc) is 3.31. The van der Waals surface area contributed by atoms with E-state index in [0.29, 0.717) is 24.3 Å². The van der Waals surface area contributed by atoms with Crippen molar-refractivity contribution >= 4 is 17.7 Å². The van der Waals surface area contributed by atoms with Gasteiger partial charge in [-0.05, 0) is 31.6 Å². The Morgan fingerprint density at radius 3 is 3.00 bits per heavy atom. The normalized spacial score (nSPS) is 20.3. The summed E-state index contributed by atoms with van der Waals surface area (Å²) in [7, 11) is 0. The van der Waals surface area contributed by atoms with Gasteiger partial charge in [-0.3, -0.25) is 4.79 Å². The Balaban J connectivity index is 1.40. The molecule has 0 aromatic carbocycles. The fourth-order valence-electron chi connectivity index (χ4n) is 1.99. The van der Waals surface area contributed by atoms with Gasteiger partial charge in [0.15, 0.2) is 5.16 Å². The molecule has 2 aliphatic carbocycles. The Labute approximate surface area is 116 Å². The van der Waals surface area contributed by atoms with Gasteiger partial charge in [-0.15, -0.1) is 10.2 Å². The summed E-state index contributed by atoms with van der Waals surface area (Å²) in [6.07, 6.45) is 5.85. The van der Waals surface area contributed by atoms with Gasteiger partial charge in [0.05, 0.1) is 11.9 Å². The van der Waals surface area contributed by atoms with Crippen molar-refractivity contribution in [3.05, 3.63) is 6.33 Å². The number of amides is 1. The van der Waals surface area contributed by atoms with Crippen LogP contribution in [0.5, 0.6) is 0 Å². The summed E-state index contributed by atoms with van der Waals surface area (Å²) >= 11 is 1.40. The van der Waals surface area contributed by atoms with Crippen LogP contribution in [0.25, 0.3) is 0 Å². The highest BCUT2D eigenvalue weighted by Gasteiger charge is 2.30. The maximum absolute atomic E-state index is 11.7. The van der Waals surface area contributed by atoms with E-state index in [1.807, 2.05) is 4.57 Å². The van der Waals surface area contributed by atoms with E-state index in [-0.39, 0.29) is 12.0 Å². The number of nitrogens with one attached hydrogen (secondary N) is 1. The van der Waals surface area contributed by atoms with Crippen LogP contribution >= 0.6 is 11.8 Å². The Morgan fingerprint density at radius 1 is 1.53 bits per heavy atom. The molecule has 0 bridgehead atoms. The quantitative estimate of drug-likeness (QED) is 0.716. The zero-order chi connectivity index (χ0) is 13.2. The van der Waals surface area contributed by atoms with Gasteiger partial charge in [0, 0.05) is 12.6 Å². The van der Waals surface area contributed by atoms with E-state index in [1.54, 1.807) is 6.33 Å². The van der Waals surface area contributed by atoms with Crippen molar-refractivity contribution in [1.82, 2.24) is 20.1 Å². The largest absolute Gasteiger partial charge is 0.391 e. The lowest BCUT2D eigenvalue weighted by atomic mass is 10.2. The fourth-order valence-corrected chi connectivity index (χ4v) is 2.80. The van der Waals surface area contributed by atoms with Crippen molar-refractivity contribution < 1.29 is 9.90 Å². The van der Waals surface area contributed by atoms with Crippen molar-refractivity contribution in [2.24, 2.45) is 5.92 Å². The van der Waals surface area contributed by atoms with Crippen LogP contribution in [0.1, 0.15) is 31.7 Å². The smallest absolute Gasteiger partial charge is 0.230 e. The molecule has 1 aromatic rings. The molecular weight excluding hydrogens is 264 g/mol. The van der Waals surface area contributed by atoms with Gasteiger partial charge in [-0.25, -0.2) is 0 Å². The van der Waals surface area contributed by atoms with Crippen LogP contribution in [0.2, 0.25) is 0 Å². The van der Waals surface area contributed by atoms with Crippen molar-refractivity contribution in [3.63, 3.8) is 0 Å². The lowest BCUT2D eigenvalue weighted by Gasteiger charge is -2.10. The van der Waals surface area contributed by atoms with Gasteiger partial charge in [0.1, 0.15) is 6.33 Å². The fraction of sp³-hybridized carbons (Fsp3) is 0.750. The van der Waals surface area contributed by atoms with Crippen LogP contribution in [0, 0.1) is 5.92 Å². The number of nitrogens with zero attached hydrogens (tertiary/aromatic N) is 3. The molecule has 7 heteroatoms. The number of hydrogen-bond donors (Lipinski definition) is 2. The van der Waals surface area contributed by atoms with Crippen LogP contribution in [-0.4, -0.2) is 44.2 Å². The first-order valence-corrected chi connectivity index (χ1v) is 7.69. The van der Waals surface area contributed by atoms with Gasteiger partial charge >= 0.3 is 0 Å². The number of hydrogen-bond acceptors (Lipinski definition) is 5. The molecule has 0 aliphatic heterocycles. The Kier molecular flexibility index (Phi) is 3.74. The minimum atomic E-state index is -0.385. The SMILES string of the molecule is O=C(CSc1nncn1C1CC1)NCC(O)C1CC1. The third-order valence-electron chi connectivity index (χ3n) is 3.49. The number of carbonyl (C=O) groups excluding carboxylic acids is 1. The summed E-state index contributed by atoms with van der Waals surface area (Å²) in [5.41, 5.74) is 0. The van der Waals surface area contributed by atoms with Gasteiger partial charge in [-0.2, -0.15) is 0 Å².